The van der Waals surface area contributed by atoms with E-state index in [1.54, 1.807) is 0 Å². The van der Waals surface area contributed by atoms with Gasteiger partial charge in [-0.1, -0.05) is 30.3 Å². The van der Waals surface area contributed by atoms with E-state index in [0.717, 1.165) is 25.7 Å². The van der Waals surface area contributed by atoms with Gasteiger partial charge in [0.1, 0.15) is 0 Å². The van der Waals surface area contributed by atoms with Crippen molar-refractivity contribution in [1.29, 1.82) is 0 Å². The molecule has 0 saturated carbocycles. The molecule has 112 valence electrons. The Hall–Kier alpha value is -1.16. The zero-order valence-electron chi connectivity index (χ0n) is 12.5. The van der Waals surface area contributed by atoms with Crippen LogP contribution in [-0.4, -0.2) is 19.3 Å². The average Bonchev–Trinajstić information content (AvgIpc) is 3.03. The zero-order chi connectivity index (χ0) is 14.5. The van der Waals surface area contributed by atoms with Gasteiger partial charge in [0.15, 0.2) is 0 Å². The van der Waals surface area contributed by atoms with Gasteiger partial charge in [-0.05, 0) is 43.4 Å². The molecule has 1 aliphatic rings. The highest BCUT2D eigenvalue weighted by Crippen LogP contribution is 2.28. The van der Waals surface area contributed by atoms with Crippen molar-refractivity contribution < 1.29 is 4.74 Å². The number of nitrogens with one attached hydrogen (secondary N) is 1. The van der Waals surface area contributed by atoms with Crippen LogP contribution in [0.1, 0.15) is 24.6 Å². The van der Waals surface area contributed by atoms with Gasteiger partial charge in [0.05, 0.1) is 0 Å². The van der Waals surface area contributed by atoms with Crippen molar-refractivity contribution in [2.45, 2.75) is 32.4 Å². The molecule has 1 aromatic carbocycles. The molecule has 3 heteroatoms. The van der Waals surface area contributed by atoms with E-state index >= 15 is 0 Å². The van der Waals surface area contributed by atoms with Crippen molar-refractivity contribution in [2.24, 2.45) is 5.92 Å². The third-order valence-corrected chi connectivity index (χ3v) is 5.43. The minimum atomic E-state index is 0.566. The molecule has 21 heavy (non-hydrogen) atoms. The average molecular weight is 301 g/mol. The molecule has 1 aromatic heterocycles. The second-order valence-corrected chi connectivity index (χ2v) is 6.92. The molecular formula is C18H23NOS. The van der Waals surface area contributed by atoms with Gasteiger partial charge in [-0.25, -0.2) is 0 Å². The zero-order valence-corrected chi connectivity index (χ0v) is 13.4. The molecule has 1 aliphatic heterocycles. The van der Waals surface area contributed by atoms with Crippen LogP contribution in [0.25, 0.3) is 10.4 Å². The molecule has 2 nitrogen and oxygen atoms in total. The molecular weight excluding hydrogens is 278 g/mol. The van der Waals surface area contributed by atoms with E-state index in [1.807, 2.05) is 11.3 Å². The molecule has 1 fully saturated rings. The van der Waals surface area contributed by atoms with Crippen molar-refractivity contribution >= 4 is 11.3 Å². The SMILES string of the molecule is CC(NCc1ccc(-c2ccccc2)s1)C1CCOCC1. The fourth-order valence-corrected chi connectivity index (χ4v) is 3.84. The second kappa shape index (κ2) is 7.21. The Morgan fingerprint density at radius 2 is 1.90 bits per heavy atom. The lowest BCUT2D eigenvalue weighted by molar-refractivity contribution is 0.0558. The maximum atomic E-state index is 5.44. The lowest BCUT2D eigenvalue weighted by Gasteiger charge is -2.28. The van der Waals surface area contributed by atoms with Gasteiger partial charge in [-0.3, -0.25) is 0 Å². The molecule has 0 spiro atoms. The first-order valence-electron chi connectivity index (χ1n) is 7.78. The Morgan fingerprint density at radius 3 is 2.67 bits per heavy atom. The van der Waals surface area contributed by atoms with Crippen LogP contribution in [0.4, 0.5) is 0 Å². The summed E-state index contributed by atoms with van der Waals surface area (Å²) in [4.78, 5) is 2.76. The lowest BCUT2D eigenvalue weighted by atomic mass is 9.93. The molecule has 1 atom stereocenters. The minimum absolute atomic E-state index is 0.566. The van der Waals surface area contributed by atoms with Crippen molar-refractivity contribution in [1.82, 2.24) is 5.32 Å². The van der Waals surface area contributed by atoms with Crippen molar-refractivity contribution in [3.63, 3.8) is 0 Å². The van der Waals surface area contributed by atoms with Crippen molar-refractivity contribution in [2.75, 3.05) is 13.2 Å². The van der Waals surface area contributed by atoms with Crippen molar-refractivity contribution in [3.05, 3.63) is 47.3 Å². The Bertz CT molecular complexity index is 545. The Labute approximate surface area is 131 Å². The topological polar surface area (TPSA) is 21.3 Å². The molecule has 2 heterocycles. The maximum absolute atomic E-state index is 5.44. The molecule has 3 rings (SSSR count). The fraction of sp³-hybridized carbons (Fsp3) is 0.444. The van der Waals surface area contributed by atoms with E-state index in [1.165, 1.54) is 28.2 Å². The van der Waals surface area contributed by atoms with Gasteiger partial charge < -0.3 is 10.1 Å². The highest BCUT2D eigenvalue weighted by Gasteiger charge is 2.20. The van der Waals surface area contributed by atoms with Gasteiger partial charge in [0.2, 0.25) is 0 Å². The first-order chi connectivity index (χ1) is 10.3. The standard InChI is InChI=1S/C18H23NOS/c1-14(15-9-11-20-12-10-15)19-13-17-7-8-18(21-17)16-5-3-2-4-6-16/h2-8,14-15,19H,9-13H2,1H3. The number of ether oxygens (including phenoxy) is 1. The molecule has 0 aliphatic carbocycles. The third-order valence-electron chi connectivity index (χ3n) is 4.29. The summed E-state index contributed by atoms with van der Waals surface area (Å²) in [6.07, 6.45) is 2.38. The quantitative estimate of drug-likeness (QED) is 0.888. The third kappa shape index (κ3) is 3.94. The smallest absolute Gasteiger partial charge is 0.0469 e. The second-order valence-electron chi connectivity index (χ2n) is 5.75. The predicted molar refractivity (Wildman–Crippen MR) is 89.6 cm³/mol. The maximum Gasteiger partial charge on any atom is 0.0469 e. The lowest BCUT2D eigenvalue weighted by Crippen LogP contribution is -2.36. The van der Waals surface area contributed by atoms with Crippen LogP contribution >= 0.6 is 11.3 Å². The molecule has 1 saturated heterocycles. The Balaban J connectivity index is 1.55. The minimum Gasteiger partial charge on any atom is -0.381 e. The molecule has 0 bridgehead atoms. The first-order valence-corrected chi connectivity index (χ1v) is 8.60. The van der Waals surface area contributed by atoms with Crippen molar-refractivity contribution in [3.8, 4) is 10.4 Å². The van der Waals surface area contributed by atoms with E-state index in [-0.39, 0.29) is 0 Å². The molecule has 1 unspecified atom stereocenters. The van der Waals surface area contributed by atoms with Crippen LogP contribution in [0.3, 0.4) is 0 Å². The fourth-order valence-electron chi connectivity index (χ4n) is 2.87. The Kier molecular flexibility index (Phi) is 5.07. The molecule has 1 N–H and O–H groups in total. The monoisotopic (exact) mass is 301 g/mol. The first kappa shape index (κ1) is 14.8. The highest BCUT2D eigenvalue weighted by molar-refractivity contribution is 7.15. The van der Waals surface area contributed by atoms with Crippen LogP contribution in [0.5, 0.6) is 0 Å². The molecule has 0 radical (unpaired) electrons. The summed E-state index contributed by atoms with van der Waals surface area (Å²) in [5.74, 6) is 0.757. The van der Waals surface area contributed by atoms with Crippen LogP contribution in [-0.2, 0) is 11.3 Å². The highest BCUT2D eigenvalue weighted by atomic mass is 32.1. The summed E-state index contributed by atoms with van der Waals surface area (Å²) in [5, 5.41) is 3.69. The van der Waals surface area contributed by atoms with E-state index < -0.39 is 0 Å². The molecule has 0 amide bonds. The summed E-state index contributed by atoms with van der Waals surface area (Å²) < 4.78 is 5.44. The molecule has 2 aromatic rings. The summed E-state index contributed by atoms with van der Waals surface area (Å²) in [6.45, 7) is 5.12. The van der Waals surface area contributed by atoms with Gasteiger partial charge in [0.25, 0.3) is 0 Å². The summed E-state index contributed by atoms with van der Waals surface area (Å²) in [6, 6.07) is 15.7. The summed E-state index contributed by atoms with van der Waals surface area (Å²) in [5.41, 5.74) is 1.31. The normalized spacial score (nSPS) is 17.8. The number of rotatable bonds is 5. The Morgan fingerprint density at radius 1 is 1.14 bits per heavy atom. The largest absolute Gasteiger partial charge is 0.381 e. The van der Waals surface area contributed by atoms with E-state index in [4.69, 9.17) is 4.74 Å². The van der Waals surface area contributed by atoms with Crippen LogP contribution in [0, 0.1) is 5.92 Å². The van der Waals surface area contributed by atoms with Gasteiger partial charge in [-0.15, -0.1) is 11.3 Å². The number of hydrogen-bond acceptors (Lipinski definition) is 3. The van der Waals surface area contributed by atoms with Gasteiger partial charge >= 0.3 is 0 Å². The number of hydrogen-bond donors (Lipinski definition) is 1. The van der Waals surface area contributed by atoms with Gasteiger partial charge in [-0.2, -0.15) is 0 Å². The predicted octanol–water partition coefficient (Wildman–Crippen LogP) is 4.32. The van der Waals surface area contributed by atoms with Crippen LogP contribution in [0.2, 0.25) is 0 Å². The number of thiophene rings is 1. The summed E-state index contributed by atoms with van der Waals surface area (Å²) in [7, 11) is 0. The summed E-state index contributed by atoms with van der Waals surface area (Å²) >= 11 is 1.89. The van der Waals surface area contributed by atoms with E-state index in [0.29, 0.717) is 6.04 Å². The van der Waals surface area contributed by atoms with Crippen LogP contribution in [0.15, 0.2) is 42.5 Å². The van der Waals surface area contributed by atoms with E-state index in [2.05, 4.69) is 54.7 Å². The van der Waals surface area contributed by atoms with Crippen LogP contribution < -0.4 is 5.32 Å². The van der Waals surface area contributed by atoms with Gasteiger partial charge in [0, 0.05) is 35.6 Å². The van der Waals surface area contributed by atoms with E-state index in [9.17, 15) is 0 Å². The number of benzene rings is 1.